The first-order valence-corrected chi connectivity index (χ1v) is 5.04. The number of nitrogens with one attached hydrogen (secondary N) is 1. The Balaban J connectivity index is 2.03. The molecule has 0 aliphatic carbocycles. The number of nitrogens with zero attached hydrogens (tertiary/aromatic N) is 1. The molecule has 0 bridgehead atoms. The lowest BCUT2D eigenvalue weighted by molar-refractivity contribution is 0.628. The summed E-state index contributed by atoms with van der Waals surface area (Å²) in [6.45, 7) is 0. The van der Waals surface area contributed by atoms with Gasteiger partial charge in [0.15, 0.2) is 0 Å². The first-order valence-electron chi connectivity index (χ1n) is 5.04. The van der Waals surface area contributed by atoms with Crippen LogP contribution in [0.3, 0.4) is 0 Å². The Hall–Kier alpha value is -2.23. The van der Waals surface area contributed by atoms with Crippen molar-refractivity contribution in [2.45, 2.75) is 0 Å². The van der Waals surface area contributed by atoms with Crippen LogP contribution in [0.15, 0.2) is 53.5 Å². The SMILES string of the molecule is Fc1cccc(N=CNc2cccc(F)c2)c1. The van der Waals surface area contributed by atoms with Gasteiger partial charge in [0.25, 0.3) is 0 Å². The molecule has 86 valence electrons. The van der Waals surface area contributed by atoms with Gasteiger partial charge < -0.3 is 5.32 Å². The van der Waals surface area contributed by atoms with E-state index in [0.717, 1.165) is 0 Å². The smallest absolute Gasteiger partial charge is 0.125 e. The van der Waals surface area contributed by atoms with Gasteiger partial charge in [-0.1, -0.05) is 12.1 Å². The Bertz CT molecular complexity index is 538. The molecule has 2 nitrogen and oxygen atoms in total. The summed E-state index contributed by atoms with van der Waals surface area (Å²) >= 11 is 0. The summed E-state index contributed by atoms with van der Waals surface area (Å²) < 4.78 is 25.7. The molecule has 0 aliphatic heterocycles. The molecular formula is C13H10F2N2. The maximum absolute atomic E-state index is 12.8. The van der Waals surface area contributed by atoms with Gasteiger partial charge in [0.05, 0.1) is 12.0 Å². The van der Waals surface area contributed by atoms with Crippen molar-refractivity contribution in [1.29, 1.82) is 0 Å². The Morgan fingerprint density at radius 1 is 0.941 bits per heavy atom. The summed E-state index contributed by atoms with van der Waals surface area (Å²) in [5.74, 6) is -0.667. The number of benzene rings is 2. The highest BCUT2D eigenvalue weighted by atomic mass is 19.1. The second-order valence-electron chi connectivity index (χ2n) is 3.39. The fraction of sp³-hybridized carbons (Fsp3) is 0. The minimum Gasteiger partial charge on any atom is -0.346 e. The molecule has 2 aromatic carbocycles. The number of anilines is 1. The van der Waals surface area contributed by atoms with Crippen LogP contribution in [-0.2, 0) is 0 Å². The highest BCUT2D eigenvalue weighted by molar-refractivity contribution is 5.77. The molecule has 4 heteroatoms. The minimum absolute atomic E-state index is 0.325. The van der Waals surface area contributed by atoms with Crippen LogP contribution in [0.25, 0.3) is 0 Å². The predicted molar refractivity (Wildman–Crippen MR) is 64.6 cm³/mol. The van der Waals surface area contributed by atoms with Gasteiger partial charge in [-0.15, -0.1) is 0 Å². The molecule has 0 aromatic heterocycles. The molecule has 0 atom stereocenters. The van der Waals surface area contributed by atoms with Crippen LogP contribution in [0.5, 0.6) is 0 Å². The fourth-order valence-electron chi connectivity index (χ4n) is 1.32. The van der Waals surface area contributed by atoms with Crippen LogP contribution in [0.1, 0.15) is 0 Å². The zero-order valence-corrected chi connectivity index (χ0v) is 8.90. The third-order valence-corrected chi connectivity index (χ3v) is 2.08. The van der Waals surface area contributed by atoms with Crippen molar-refractivity contribution < 1.29 is 8.78 Å². The summed E-state index contributed by atoms with van der Waals surface area (Å²) in [5.41, 5.74) is 1.08. The van der Waals surface area contributed by atoms with E-state index < -0.39 is 0 Å². The summed E-state index contributed by atoms with van der Waals surface area (Å²) in [4.78, 5) is 3.99. The summed E-state index contributed by atoms with van der Waals surface area (Å²) in [6, 6.07) is 11.9. The van der Waals surface area contributed by atoms with Crippen LogP contribution < -0.4 is 5.32 Å². The lowest BCUT2D eigenvalue weighted by atomic mass is 10.3. The molecule has 0 saturated carbocycles. The molecule has 0 heterocycles. The first kappa shape index (κ1) is 11.3. The molecule has 0 spiro atoms. The van der Waals surface area contributed by atoms with E-state index in [4.69, 9.17) is 0 Å². The van der Waals surface area contributed by atoms with Crippen molar-refractivity contribution in [3.63, 3.8) is 0 Å². The molecule has 0 unspecified atom stereocenters. The third-order valence-electron chi connectivity index (χ3n) is 2.08. The van der Waals surface area contributed by atoms with Gasteiger partial charge in [-0.05, 0) is 36.4 Å². The minimum atomic E-state index is -0.342. The number of rotatable bonds is 3. The largest absolute Gasteiger partial charge is 0.346 e. The Morgan fingerprint density at radius 3 is 2.35 bits per heavy atom. The van der Waals surface area contributed by atoms with Crippen LogP contribution >= 0.6 is 0 Å². The Morgan fingerprint density at radius 2 is 1.65 bits per heavy atom. The molecule has 0 radical (unpaired) electrons. The van der Waals surface area contributed by atoms with E-state index in [2.05, 4.69) is 10.3 Å². The van der Waals surface area contributed by atoms with E-state index in [-0.39, 0.29) is 11.6 Å². The van der Waals surface area contributed by atoms with Gasteiger partial charge in [0.2, 0.25) is 0 Å². The molecule has 0 amide bonds. The lowest BCUT2D eigenvalue weighted by Crippen LogP contribution is -1.94. The van der Waals surface area contributed by atoms with E-state index in [0.29, 0.717) is 11.4 Å². The molecule has 17 heavy (non-hydrogen) atoms. The lowest BCUT2D eigenvalue weighted by Gasteiger charge is -1.99. The molecule has 2 rings (SSSR count). The zero-order chi connectivity index (χ0) is 12.1. The Labute approximate surface area is 97.6 Å². The molecule has 1 N–H and O–H groups in total. The molecule has 0 saturated heterocycles. The van der Waals surface area contributed by atoms with Crippen molar-refractivity contribution >= 4 is 17.7 Å². The van der Waals surface area contributed by atoms with E-state index in [9.17, 15) is 8.78 Å². The van der Waals surface area contributed by atoms with Crippen molar-refractivity contribution in [2.75, 3.05) is 5.32 Å². The maximum Gasteiger partial charge on any atom is 0.125 e. The van der Waals surface area contributed by atoms with E-state index in [1.54, 1.807) is 24.3 Å². The average Bonchev–Trinajstić information content (AvgIpc) is 2.29. The van der Waals surface area contributed by atoms with Gasteiger partial charge >= 0.3 is 0 Å². The molecule has 2 aromatic rings. The van der Waals surface area contributed by atoms with Crippen molar-refractivity contribution in [2.24, 2.45) is 4.99 Å². The zero-order valence-electron chi connectivity index (χ0n) is 8.90. The standard InChI is InChI=1S/C13H10F2N2/c14-10-3-1-5-12(7-10)16-9-17-13-6-2-4-11(15)8-13/h1-9H,(H,16,17). The average molecular weight is 232 g/mol. The second-order valence-corrected chi connectivity index (χ2v) is 3.39. The molecular weight excluding hydrogens is 222 g/mol. The highest BCUT2D eigenvalue weighted by Gasteiger charge is 1.93. The van der Waals surface area contributed by atoms with E-state index in [1.165, 1.54) is 30.6 Å². The van der Waals surface area contributed by atoms with Crippen molar-refractivity contribution in [3.05, 3.63) is 60.2 Å². The van der Waals surface area contributed by atoms with E-state index in [1.807, 2.05) is 0 Å². The number of hydrogen-bond donors (Lipinski definition) is 1. The van der Waals surface area contributed by atoms with E-state index >= 15 is 0 Å². The van der Waals surface area contributed by atoms with Crippen LogP contribution in [0, 0.1) is 11.6 Å². The van der Waals surface area contributed by atoms with Crippen molar-refractivity contribution in [1.82, 2.24) is 0 Å². The van der Waals surface area contributed by atoms with Gasteiger partial charge in [-0.2, -0.15) is 0 Å². The third kappa shape index (κ3) is 3.38. The van der Waals surface area contributed by atoms with Gasteiger partial charge in [0.1, 0.15) is 11.6 Å². The van der Waals surface area contributed by atoms with Crippen molar-refractivity contribution in [3.8, 4) is 0 Å². The van der Waals surface area contributed by atoms with Crippen LogP contribution in [0.2, 0.25) is 0 Å². The fourth-order valence-corrected chi connectivity index (χ4v) is 1.32. The normalized spacial score (nSPS) is 10.7. The topological polar surface area (TPSA) is 24.4 Å². The maximum atomic E-state index is 12.8. The highest BCUT2D eigenvalue weighted by Crippen LogP contribution is 2.13. The molecule has 0 aliphatic rings. The van der Waals surface area contributed by atoms with Crippen LogP contribution in [-0.4, -0.2) is 6.34 Å². The number of hydrogen-bond acceptors (Lipinski definition) is 1. The number of aliphatic imine (C=N–C) groups is 1. The van der Waals surface area contributed by atoms with Gasteiger partial charge in [-0.3, -0.25) is 0 Å². The van der Waals surface area contributed by atoms with Crippen LogP contribution in [0.4, 0.5) is 20.2 Å². The second kappa shape index (κ2) is 5.21. The monoisotopic (exact) mass is 232 g/mol. The summed E-state index contributed by atoms with van der Waals surface area (Å²) in [6.07, 6.45) is 1.39. The number of halogens is 2. The summed E-state index contributed by atoms with van der Waals surface area (Å²) in [7, 11) is 0. The predicted octanol–water partition coefficient (Wildman–Crippen LogP) is 3.74. The van der Waals surface area contributed by atoms with Gasteiger partial charge in [-0.25, -0.2) is 13.8 Å². The quantitative estimate of drug-likeness (QED) is 0.632. The Kier molecular flexibility index (Phi) is 3.45. The summed E-state index contributed by atoms with van der Waals surface area (Å²) in [5, 5.41) is 2.80. The van der Waals surface area contributed by atoms with Gasteiger partial charge in [0, 0.05) is 5.69 Å². The first-order chi connectivity index (χ1) is 8.24. The molecule has 0 fully saturated rings.